The van der Waals surface area contributed by atoms with E-state index >= 15 is 0 Å². The quantitative estimate of drug-likeness (QED) is 0.697. The van der Waals surface area contributed by atoms with Gasteiger partial charge in [0.15, 0.2) is 0 Å². The maximum Gasteiger partial charge on any atom is 0.317 e. The van der Waals surface area contributed by atoms with E-state index in [1.807, 2.05) is 20.1 Å². The first-order valence-corrected chi connectivity index (χ1v) is 7.20. The van der Waals surface area contributed by atoms with Gasteiger partial charge < -0.3 is 15.3 Å². The van der Waals surface area contributed by atoms with Crippen molar-refractivity contribution in [3.63, 3.8) is 0 Å². The Hall–Kier alpha value is -0.910. The van der Waals surface area contributed by atoms with Crippen LogP contribution in [0.15, 0.2) is 0 Å². The molecule has 0 aromatic rings. The summed E-state index contributed by atoms with van der Waals surface area (Å²) in [7, 11) is 0. The zero-order valence-electron chi connectivity index (χ0n) is 10.7. The second-order valence-electron chi connectivity index (χ2n) is 3.73. The molecule has 0 saturated carbocycles. The lowest BCUT2D eigenvalue weighted by atomic mass is 10.2. The number of aliphatic carboxylic acids is 1. The lowest BCUT2D eigenvalue weighted by Gasteiger charge is -2.24. The molecule has 0 fully saturated rings. The number of urea groups is 1. The molecule has 0 aromatic heterocycles. The van der Waals surface area contributed by atoms with Gasteiger partial charge in [0, 0.05) is 24.9 Å². The number of hydrogen-bond donors (Lipinski definition) is 2. The van der Waals surface area contributed by atoms with Gasteiger partial charge in [-0.2, -0.15) is 11.8 Å². The van der Waals surface area contributed by atoms with Crippen molar-refractivity contribution in [2.24, 2.45) is 0 Å². The summed E-state index contributed by atoms with van der Waals surface area (Å²) in [6.07, 6.45) is 2.86. The van der Waals surface area contributed by atoms with Crippen LogP contribution in [0.3, 0.4) is 0 Å². The van der Waals surface area contributed by atoms with Crippen molar-refractivity contribution in [3.8, 4) is 0 Å². The third-order valence-electron chi connectivity index (χ3n) is 2.45. The van der Waals surface area contributed by atoms with Gasteiger partial charge in [0.1, 0.15) is 0 Å². The average Bonchev–Trinajstić information content (AvgIpc) is 2.28. The molecule has 6 heteroatoms. The van der Waals surface area contributed by atoms with E-state index in [-0.39, 0.29) is 25.0 Å². The molecular weight excluding hydrogens is 240 g/mol. The molecule has 0 aromatic carbocycles. The largest absolute Gasteiger partial charge is 0.481 e. The molecule has 17 heavy (non-hydrogen) atoms. The van der Waals surface area contributed by atoms with E-state index in [9.17, 15) is 9.59 Å². The Kier molecular flexibility index (Phi) is 8.66. The average molecular weight is 262 g/mol. The van der Waals surface area contributed by atoms with Crippen LogP contribution in [-0.4, -0.2) is 53.1 Å². The predicted octanol–water partition coefficient (Wildman–Crippen LogP) is 1.63. The highest BCUT2D eigenvalue weighted by molar-refractivity contribution is 7.98. The van der Waals surface area contributed by atoms with E-state index < -0.39 is 5.97 Å². The van der Waals surface area contributed by atoms with E-state index in [2.05, 4.69) is 5.32 Å². The van der Waals surface area contributed by atoms with Gasteiger partial charge in [0.25, 0.3) is 0 Å². The van der Waals surface area contributed by atoms with Gasteiger partial charge >= 0.3 is 12.0 Å². The number of carboxylic acid groups (broad SMARTS) is 1. The van der Waals surface area contributed by atoms with Crippen LogP contribution < -0.4 is 5.32 Å². The van der Waals surface area contributed by atoms with Crippen LogP contribution in [0, 0.1) is 0 Å². The van der Waals surface area contributed by atoms with Crippen LogP contribution in [0.4, 0.5) is 4.79 Å². The third-order valence-corrected chi connectivity index (χ3v) is 3.19. The minimum Gasteiger partial charge on any atom is -0.481 e. The molecule has 2 amide bonds. The van der Waals surface area contributed by atoms with Crippen molar-refractivity contribution >= 4 is 23.8 Å². The zero-order chi connectivity index (χ0) is 13.3. The second-order valence-corrected chi connectivity index (χ2v) is 4.64. The number of nitrogens with one attached hydrogen (secondary N) is 1. The fourth-order valence-corrected chi connectivity index (χ4v) is 2.08. The number of hydrogen-bond acceptors (Lipinski definition) is 3. The molecule has 0 aliphatic heterocycles. The van der Waals surface area contributed by atoms with E-state index in [4.69, 9.17) is 5.11 Å². The van der Waals surface area contributed by atoms with Crippen molar-refractivity contribution in [3.05, 3.63) is 0 Å². The normalized spacial score (nSPS) is 11.9. The summed E-state index contributed by atoms with van der Waals surface area (Å²) in [5, 5.41) is 11.5. The summed E-state index contributed by atoms with van der Waals surface area (Å²) in [4.78, 5) is 23.8. The van der Waals surface area contributed by atoms with E-state index in [0.29, 0.717) is 6.54 Å². The highest BCUT2D eigenvalue weighted by Crippen LogP contribution is 2.02. The number of thioether (sulfide) groups is 1. The highest BCUT2D eigenvalue weighted by Gasteiger charge is 2.16. The standard InChI is InChI=1S/C11H22N2O3S/c1-4-9(8-17-3)12-11(16)13(5-2)7-6-10(14)15/h9H,4-8H2,1-3H3,(H,12,16)(H,14,15). The summed E-state index contributed by atoms with van der Waals surface area (Å²) >= 11 is 1.69. The Morgan fingerprint density at radius 3 is 2.47 bits per heavy atom. The summed E-state index contributed by atoms with van der Waals surface area (Å²) < 4.78 is 0. The van der Waals surface area contributed by atoms with Crippen molar-refractivity contribution in [1.82, 2.24) is 10.2 Å². The minimum atomic E-state index is -0.882. The summed E-state index contributed by atoms with van der Waals surface area (Å²) in [5.41, 5.74) is 0. The van der Waals surface area contributed by atoms with Gasteiger partial charge in [-0.3, -0.25) is 4.79 Å². The van der Waals surface area contributed by atoms with Gasteiger partial charge in [-0.25, -0.2) is 4.79 Å². The highest BCUT2D eigenvalue weighted by atomic mass is 32.2. The molecule has 0 heterocycles. The zero-order valence-corrected chi connectivity index (χ0v) is 11.5. The molecule has 0 bridgehead atoms. The topological polar surface area (TPSA) is 69.6 Å². The molecule has 100 valence electrons. The molecule has 0 radical (unpaired) electrons. The second kappa shape index (κ2) is 9.15. The summed E-state index contributed by atoms with van der Waals surface area (Å²) in [5.74, 6) is -0.00830. The minimum absolute atomic E-state index is 0.0133. The first-order chi connectivity index (χ1) is 8.04. The third kappa shape index (κ3) is 7.10. The van der Waals surface area contributed by atoms with Gasteiger partial charge in [-0.05, 0) is 19.6 Å². The number of carbonyl (C=O) groups is 2. The molecule has 0 saturated heterocycles. The Morgan fingerprint density at radius 2 is 2.06 bits per heavy atom. The van der Waals surface area contributed by atoms with E-state index in [1.165, 1.54) is 4.90 Å². The van der Waals surface area contributed by atoms with Crippen LogP contribution in [0.5, 0.6) is 0 Å². The Bertz CT molecular complexity index is 249. The first kappa shape index (κ1) is 16.1. The van der Waals surface area contributed by atoms with Crippen LogP contribution in [0.2, 0.25) is 0 Å². The molecule has 0 rings (SSSR count). The fraction of sp³-hybridized carbons (Fsp3) is 0.818. The Balaban J connectivity index is 4.18. The van der Waals surface area contributed by atoms with Gasteiger partial charge in [-0.15, -0.1) is 0 Å². The number of rotatable bonds is 8. The van der Waals surface area contributed by atoms with Crippen LogP contribution >= 0.6 is 11.8 Å². The first-order valence-electron chi connectivity index (χ1n) is 5.81. The lowest BCUT2D eigenvalue weighted by Crippen LogP contribution is -2.46. The number of amides is 2. The molecule has 0 spiro atoms. The maximum absolute atomic E-state index is 11.8. The number of nitrogens with zero attached hydrogens (tertiary/aromatic N) is 1. The monoisotopic (exact) mass is 262 g/mol. The van der Waals surface area contributed by atoms with Crippen LogP contribution in [0.25, 0.3) is 0 Å². The van der Waals surface area contributed by atoms with E-state index in [0.717, 1.165) is 12.2 Å². The Labute approximate surface area is 107 Å². The number of carbonyl (C=O) groups excluding carboxylic acids is 1. The molecular formula is C11H22N2O3S. The van der Waals surface area contributed by atoms with Crippen LogP contribution in [0.1, 0.15) is 26.7 Å². The SMILES string of the molecule is CCC(CSC)NC(=O)N(CC)CCC(=O)O. The molecule has 1 unspecified atom stereocenters. The van der Waals surface area contributed by atoms with Gasteiger partial charge in [0.2, 0.25) is 0 Å². The molecule has 1 atom stereocenters. The number of carboxylic acids is 1. The van der Waals surface area contributed by atoms with Crippen LogP contribution in [-0.2, 0) is 4.79 Å². The van der Waals surface area contributed by atoms with Crippen molar-refractivity contribution in [2.45, 2.75) is 32.7 Å². The lowest BCUT2D eigenvalue weighted by molar-refractivity contribution is -0.137. The molecule has 5 nitrogen and oxygen atoms in total. The molecule has 2 N–H and O–H groups in total. The Morgan fingerprint density at radius 1 is 1.41 bits per heavy atom. The van der Waals surface area contributed by atoms with Crippen molar-refractivity contribution in [1.29, 1.82) is 0 Å². The summed E-state index contributed by atoms with van der Waals surface area (Å²) in [6.45, 7) is 4.65. The maximum atomic E-state index is 11.8. The van der Waals surface area contributed by atoms with E-state index in [1.54, 1.807) is 11.8 Å². The van der Waals surface area contributed by atoms with Crippen molar-refractivity contribution < 1.29 is 14.7 Å². The smallest absolute Gasteiger partial charge is 0.317 e. The molecule has 0 aliphatic rings. The van der Waals surface area contributed by atoms with Gasteiger partial charge in [0.05, 0.1) is 6.42 Å². The van der Waals surface area contributed by atoms with Gasteiger partial charge in [-0.1, -0.05) is 6.92 Å². The summed E-state index contributed by atoms with van der Waals surface area (Å²) in [6, 6.07) is -0.0222. The van der Waals surface area contributed by atoms with Crippen molar-refractivity contribution in [2.75, 3.05) is 25.1 Å². The molecule has 0 aliphatic carbocycles. The fourth-order valence-electron chi connectivity index (χ4n) is 1.36. The predicted molar refractivity (Wildman–Crippen MR) is 70.5 cm³/mol.